The van der Waals surface area contributed by atoms with Gasteiger partial charge in [-0.15, -0.1) is 0 Å². The largest absolute Gasteiger partial charge is 0.481 e. The van der Waals surface area contributed by atoms with Crippen LogP contribution in [-0.2, 0) is 22.7 Å². The second kappa shape index (κ2) is 7.50. The number of phosphoric ester groups is 1. The highest BCUT2D eigenvalue weighted by Crippen LogP contribution is 2.58. The van der Waals surface area contributed by atoms with Crippen LogP contribution in [-0.4, -0.2) is 59.1 Å². The van der Waals surface area contributed by atoms with E-state index >= 15 is 0 Å². The minimum atomic E-state index is -5.58. The molecule has 0 radical (unpaired) electrons. The standard InChI is InChI=1S/C9H12F2N2O11P2S/c10-3-1-13(8(16)12-6(3)27)7-4(14)5(15)9(11,23-7)2-22-26(20,21)24-25(17,18)19/h1,4-5,7,14-15H,2H2,(H,20,21)(H,12,16,27)(H2,17,18,19)/t4-,5+,7-,9-/m1/s1/i7D. The lowest BCUT2D eigenvalue weighted by atomic mass is 10.1. The summed E-state index contributed by atoms with van der Waals surface area (Å²) in [5, 5.41) is 19.7. The lowest BCUT2D eigenvalue weighted by Gasteiger charge is -2.23. The molecular formula is C9H12F2N2O11P2S. The zero-order valence-electron chi connectivity index (χ0n) is 13.6. The first kappa shape index (κ1) is 20.8. The van der Waals surface area contributed by atoms with Crippen LogP contribution in [0.25, 0.3) is 0 Å². The topological polar surface area (TPSA) is 201 Å². The third-order valence-corrected chi connectivity index (χ3v) is 5.47. The third-order valence-electron chi connectivity index (χ3n) is 3.04. The number of rotatable bonds is 6. The summed E-state index contributed by atoms with van der Waals surface area (Å²) in [6.07, 6.45) is -8.18. The van der Waals surface area contributed by atoms with Crippen molar-refractivity contribution < 1.29 is 57.7 Å². The number of H-pyrrole nitrogens is 1. The van der Waals surface area contributed by atoms with Gasteiger partial charge in [-0.05, 0) is 0 Å². The highest BCUT2D eigenvalue weighted by Gasteiger charge is 2.57. The van der Waals surface area contributed by atoms with Gasteiger partial charge in [0.2, 0.25) is 0 Å². The molecule has 154 valence electrons. The summed E-state index contributed by atoms with van der Waals surface area (Å²) in [6.45, 7) is -1.79. The van der Waals surface area contributed by atoms with Crippen LogP contribution in [0.5, 0.6) is 0 Å². The lowest BCUT2D eigenvalue weighted by Crippen LogP contribution is -2.43. The average Bonchev–Trinajstić information content (AvgIpc) is 2.69. The Morgan fingerprint density at radius 1 is 1.44 bits per heavy atom. The van der Waals surface area contributed by atoms with Crippen molar-refractivity contribution in [1.82, 2.24) is 9.55 Å². The predicted molar refractivity (Wildman–Crippen MR) is 80.7 cm³/mol. The lowest BCUT2D eigenvalue weighted by molar-refractivity contribution is -0.205. The molecule has 0 saturated carbocycles. The fourth-order valence-corrected chi connectivity index (χ4v) is 3.65. The molecule has 5 atom stereocenters. The first-order valence-corrected chi connectivity index (χ1v) is 9.95. The van der Waals surface area contributed by atoms with Gasteiger partial charge in [-0.2, -0.15) is 4.31 Å². The Kier molecular flexibility index (Phi) is 5.78. The van der Waals surface area contributed by atoms with Crippen molar-refractivity contribution in [3.05, 3.63) is 27.1 Å². The van der Waals surface area contributed by atoms with Gasteiger partial charge in [0.25, 0.3) is 5.85 Å². The highest BCUT2D eigenvalue weighted by atomic mass is 32.1. The summed E-state index contributed by atoms with van der Waals surface area (Å²) in [7, 11) is -11.1. The molecule has 1 aliphatic heterocycles. The number of nitrogens with one attached hydrogen (secondary N) is 1. The van der Waals surface area contributed by atoms with E-state index in [1.807, 2.05) is 0 Å². The molecule has 1 aliphatic rings. The van der Waals surface area contributed by atoms with E-state index in [1.165, 1.54) is 0 Å². The normalized spacial score (nSPS) is 34.3. The summed E-state index contributed by atoms with van der Waals surface area (Å²) >= 11 is 4.45. The maximum absolute atomic E-state index is 14.8. The van der Waals surface area contributed by atoms with Crippen molar-refractivity contribution in [2.24, 2.45) is 0 Å². The number of aliphatic hydroxyl groups excluding tert-OH is 2. The zero-order valence-corrected chi connectivity index (χ0v) is 15.2. The fourth-order valence-electron chi connectivity index (χ4n) is 1.91. The van der Waals surface area contributed by atoms with Crippen molar-refractivity contribution in [3.8, 4) is 0 Å². The van der Waals surface area contributed by atoms with Crippen LogP contribution in [0.1, 0.15) is 7.57 Å². The Labute approximate surface area is 154 Å². The summed E-state index contributed by atoms with van der Waals surface area (Å²) in [4.78, 5) is 39.7. The summed E-state index contributed by atoms with van der Waals surface area (Å²) < 4.78 is 69.5. The minimum absolute atomic E-state index is 0.0119. The second-order valence-corrected chi connectivity index (χ2v) is 8.27. The van der Waals surface area contributed by atoms with Gasteiger partial charge in [0, 0.05) is 0 Å². The highest BCUT2D eigenvalue weighted by molar-refractivity contribution is 7.71. The van der Waals surface area contributed by atoms with Crippen LogP contribution >= 0.6 is 27.9 Å². The number of hydrogen-bond donors (Lipinski definition) is 6. The number of hydrogen-bond acceptors (Lipinski definition) is 9. The molecule has 1 aromatic rings. The van der Waals surface area contributed by atoms with Gasteiger partial charge in [0.1, 0.15) is 23.5 Å². The number of halogens is 2. The fraction of sp³-hybridized carbons (Fsp3) is 0.556. The predicted octanol–water partition coefficient (Wildman–Crippen LogP) is -0.812. The van der Waals surface area contributed by atoms with Gasteiger partial charge in [-0.25, -0.2) is 22.7 Å². The molecule has 13 nitrogen and oxygen atoms in total. The molecule has 1 saturated heterocycles. The van der Waals surface area contributed by atoms with Crippen molar-refractivity contribution in [3.63, 3.8) is 0 Å². The van der Waals surface area contributed by atoms with E-state index in [-0.39, 0.29) is 10.8 Å². The molecule has 2 heterocycles. The monoisotopic (exact) mass is 457 g/mol. The first-order valence-electron chi connectivity index (χ1n) is 7.02. The van der Waals surface area contributed by atoms with Gasteiger partial charge in [0.15, 0.2) is 12.0 Å². The maximum atomic E-state index is 14.8. The Morgan fingerprint density at radius 3 is 2.59 bits per heavy atom. The molecule has 1 fully saturated rings. The molecule has 0 aromatic carbocycles. The molecule has 2 rings (SSSR count). The number of alkyl halides is 1. The van der Waals surface area contributed by atoms with E-state index in [9.17, 15) is 32.9 Å². The second-order valence-electron chi connectivity index (χ2n) is 5.04. The summed E-state index contributed by atoms with van der Waals surface area (Å²) in [5.41, 5.74) is -1.34. The SMILES string of the molecule is [2H][C@@]1(n2cc(F)c(=S)[nH]c2=O)O[C@](F)(COP(=O)(O)OP(=O)(O)O)[C@@H](O)[C@H]1O. The van der Waals surface area contributed by atoms with Gasteiger partial charge in [-0.1, -0.05) is 12.2 Å². The number of aliphatic hydroxyl groups is 2. The van der Waals surface area contributed by atoms with E-state index in [4.69, 9.17) is 16.1 Å². The molecule has 0 aliphatic carbocycles. The van der Waals surface area contributed by atoms with Crippen molar-refractivity contribution in [1.29, 1.82) is 0 Å². The van der Waals surface area contributed by atoms with Crippen molar-refractivity contribution in [2.75, 3.05) is 6.61 Å². The van der Waals surface area contributed by atoms with Gasteiger partial charge >= 0.3 is 21.3 Å². The van der Waals surface area contributed by atoms with E-state index in [1.54, 1.807) is 4.98 Å². The van der Waals surface area contributed by atoms with Crippen LogP contribution in [0.2, 0.25) is 0 Å². The van der Waals surface area contributed by atoms with Crippen LogP contribution in [0.4, 0.5) is 8.78 Å². The van der Waals surface area contributed by atoms with Crippen molar-refractivity contribution >= 4 is 27.9 Å². The Hall–Kier alpha value is -0.900. The van der Waals surface area contributed by atoms with E-state index in [0.717, 1.165) is 0 Å². The first-order chi connectivity index (χ1) is 12.5. The van der Waals surface area contributed by atoms with Crippen LogP contribution in [0.3, 0.4) is 0 Å². The van der Waals surface area contributed by atoms with E-state index in [0.29, 0.717) is 0 Å². The molecule has 1 aromatic heterocycles. The zero-order chi connectivity index (χ0) is 21.7. The third kappa shape index (κ3) is 5.13. The quantitative estimate of drug-likeness (QED) is 0.230. The van der Waals surface area contributed by atoms with Crippen LogP contribution in [0, 0.1) is 10.5 Å². The number of ether oxygens (including phenoxy) is 1. The molecule has 18 heteroatoms. The van der Waals surface area contributed by atoms with Gasteiger partial charge < -0.3 is 29.6 Å². The van der Waals surface area contributed by atoms with Crippen molar-refractivity contribution in [2.45, 2.75) is 24.3 Å². The Bertz CT molecular complexity index is 986. The minimum Gasteiger partial charge on any atom is -0.385 e. The molecule has 27 heavy (non-hydrogen) atoms. The molecule has 6 N–H and O–H groups in total. The Balaban J connectivity index is 2.34. The summed E-state index contributed by atoms with van der Waals surface area (Å²) in [6, 6.07) is 0. The van der Waals surface area contributed by atoms with Gasteiger partial charge in [-0.3, -0.25) is 14.1 Å². The Morgan fingerprint density at radius 2 is 2.04 bits per heavy atom. The number of aromatic amines is 1. The number of nitrogens with zero attached hydrogens (tertiary/aromatic N) is 1. The van der Waals surface area contributed by atoms with E-state index in [2.05, 4.69) is 25.8 Å². The number of aromatic nitrogens is 2. The molecule has 0 spiro atoms. The summed E-state index contributed by atoms with van der Waals surface area (Å²) in [5.74, 6) is -4.94. The van der Waals surface area contributed by atoms with Crippen LogP contribution < -0.4 is 5.69 Å². The molecule has 1 unspecified atom stereocenters. The maximum Gasteiger partial charge on any atom is 0.481 e. The smallest absolute Gasteiger partial charge is 0.385 e. The number of phosphoric acid groups is 2. The average molecular weight is 457 g/mol. The van der Waals surface area contributed by atoms with Gasteiger partial charge in [0.05, 0.1) is 7.57 Å². The molecule has 0 bridgehead atoms. The molecular weight excluding hydrogens is 444 g/mol. The van der Waals surface area contributed by atoms with Crippen LogP contribution in [0.15, 0.2) is 11.0 Å². The molecule has 0 amide bonds. The van der Waals surface area contributed by atoms with E-state index < -0.39 is 62.7 Å².